The SMILES string of the molecule is C=CC.CC.CC1(C)CCC2(CCC3=C4C(c5ccc(C=N)cc5)CC5(C)C(O)CCC5C4CCC3C2)OC1.CCC. The molecule has 1 heterocycles. The largest absolute Gasteiger partial charge is 0.393 e. The minimum Gasteiger partial charge on any atom is -0.393 e. The van der Waals surface area contributed by atoms with E-state index in [1.165, 1.54) is 69.6 Å². The van der Waals surface area contributed by atoms with E-state index in [-0.39, 0.29) is 17.1 Å². The molecule has 0 amide bonds. The lowest BCUT2D eigenvalue weighted by molar-refractivity contribution is -0.144. The molecule has 7 atom stereocenters. The zero-order chi connectivity index (χ0) is 31.1. The molecule has 3 heteroatoms. The van der Waals surface area contributed by atoms with Crippen molar-refractivity contribution in [3.8, 4) is 0 Å². The molecule has 1 spiro atoms. The van der Waals surface area contributed by atoms with Crippen molar-refractivity contribution in [1.82, 2.24) is 0 Å². The van der Waals surface area contributed by atoms with Gasteiger partial charge in [-0.1, -0.05) is 96.4 Å². The predicted octanol–water partition coefficient (Wildman–Crippen LogP) is 10.7. The van der Waals surface area contributed by atoms with E-state index >= 15 is 0 Å². The summed E-state index contributed by atoms with van der Waals surface area (Å²) in [5, 5.41) is 18.7. The molecule has 42 heavy (non-hydrogen) atoms. The van der Waals surface area contributed by atoms with Crippen molar-refractivity contribution in [2.45, 2.75) is 144 Å². The van der Waals surface area contributed by atoms with Crippen molar-refractivity contribution in [1.29, 1.82) is 5.41 Å². The summed E-state index contributed by atoms with van der Waals surface area (Å²) in [7, 11) is 0. The molecule has 2 N–H and O–H groups in total. The number of hydrogen-bond donors (Lipinski definition) is 2. The maximum Gasteiger partial charge on any atom is 0.0691 e. The number of ether oxygens (including phenoxy) is 1. The number of fused-ring (bicyclic) bond motifs is 4. The van der Waals surface area contributed by atoms with Crippen molar-refractivity contribution >= 4 is 6.21 Å². The number of allylic oxidation sites excluding steroid dienone is 3. The third kappa shape index (κ3) is 7.15. The normalized spacial score (nSPS) is 35.9. The molecule has 3 saturated carbocycles. The number of nitrogens with one attached hydrogen (secondary N) is 1. The second-order valence-electron chi connectivity index (χ2n) is 14.6. The highest BCUT2D eigenvalue weighted by atomic mass is 16.5. The summed E-state index contributed by atoms with van der Waals surface area (Å²) in [6, 6.07) is 8.74. The topological polar surface area (TPSA) is 53.3 Å². The Balaban J connectivity index is 0.000000550. The fourth-order valence-electron chi connectivity index (χ4n) is 8.85. The summed E-state index contributed by atoms with van der Waals surface area (Å²) < 4.78 is 6.67. The van der Waals surface area contributed by atoms with E-state index in [1.807, 2.05) is 20.8 Å². The van der Waals surface area contributed by atoms with E-state index in [1.54, 1.807) is 17.2 Å². The molecule has 5 aliphatic rings. The lowest BCUT2D eigenvalue weighted by Crippen LogP contribution is -2.49. The van der Waals surface area contributed by atoms with Crippen LogP contribution in [-0.4, -0.2) is 29.6 Å². The lowest BCUT2D eigenvalue weighted by atomic mass is 9.51. The third-order valence-electron chi connectivity index (χ3n) is 11.0. The summed E-state index contributed by atoms with van der Waals surface area (Å²) in [6.07, 6.45) is 16.2. The molecule has 236 valence electrons. The zero-order valence-electron chi connectivity index (χ0n) is 28.4. The molecular weight excluding hydrogens is 514 g/mol. The Morgan fingerprint density at radius 1 is 0.976 bits per heavy atom. The van der Waals surface area contributed by atoms with E-state index in [0.29, 0.717) is 29.1 Å². The first-order valence-corrected chi connectivity index (χ1v) is 17.3. The van der Waals surface area contributed by atoms with Crippen LogP contribution >= 0.6 is 0 Å². The van der Waals surface area contributed by atoms with Crippen molar-refractivity contribution in [2.24, 2.45) is 28.6 Å². The van der Waals surface area contributed by atoms with Crippen molar-refractivity contribution in [3.63, 3.8) is 0 Å². The van der Waals surface area contributed by atoms with Crippen LogP contribution in [0.1, 0.15) is 143 Å². The lowest BCUT2D eigenvalue weighted by Gasteiger charge is -2.55. The summed E-state index contributed by atoms with van der Waals surface area (Å²) in [5.74, 6) is 2.36. The van der Waals surface area contributed by atoms with Crippen LogP contribution in [0.4, 0.5) is 0 Å². The molecule has 4 aliphatic carbocycles. The molecule has 7 unspecified atom stereocenters. The van der Waals surface area contributed by atoms with E-state index in [0.717, 1.165) is 25.0 Å². The van der Waals surface area contributed by atoms with Crippen LogP contribution in [0.25, 0.3) is 0 Å². The molecule has 1 aromatic rings. The van der Waals surface area contributed by atoms with Gasteiger partial charge in [0.1, 0.15) is 0 Å². The van der Waals surface area contributed by atoms with Crippen LogP contribution in [0.3, 0.4) is 0 Å². The van der Waals surface area contributed by atoms with E-state index in [9.17, 15) is 5.11 Å². The Morgan fingerprint density at radius 3 is 2.19 bits per heavy atom. The third-order valence-corrected chi connectivity index (χ3v) is 11.0. The Bertz CT molecular complexity index is 1040. The molecule has 1 aromatic carbocycles. The van der Waals surface area contributed by atoms with Crippen molar-refractivity contribution in [3.05, 3.63) is 59.2 Å². The molecule has 0 bridgehead atoms. The summed E-state index contributed by atoms with van der Waals surface area (Å²) in [6.45, 7) is 21.5. The van der Waals surface area contributed by atoms with Gasteiger partial charge in [-0.15, -0.1) is 6.58 Å². The fourth-order valence-corrected chi connectivity index (χ4v) is 8.85. The van der Waals surface area contributed by atoms with Crippen molar-refractivity contribution in [2.75, 3.05) is 6.61 Å². The van der Waals surface area contributed by atoms with Gasteiger partial charge in [0.2, 0.25) is 0 Å². The molecule has 6 rings (SSSR count). The Hall–Kier alpha value is -1.71. The second kappa shape index (κ2) is 14.8. The molecule has 1 saturated heterocycles. The summed E-state index contributed by atoms with van der Waals surface area (Å²) >= 11 is 0. The van der Waals surface area contributed by atoms with Crippen LogP contribution < -0.4 is 0 Å². The van der Waals surface area contributed by atoms with Gasteiger partial charge >= 0.3 is 0 Å². The molecule has 3 nitrogen and oxygen atoms in total. The number of hydrogen-bond acceptors (Lipinski definition) is 3. The average molecular weight is 578 g/mol. The number of benzene rings is 1. The van der Waals surface area contributed by atoms with Crippen LogP contribution in [-0.2, 0) is 4.74 Å². The van der Waals surface area contributed by atoms with Crippen LogP contribution in [0, 0.1) is 34.0 Å². The molecule has 1 aliphatic heterocycles. The average Bonchev–Trinajstić information content (AvgIpc) is 3.30. The van der Waals surface area contributed by atoms with Gasteiger partial charge in [-0.25, -0.2) is 0 Å². The van der Waals surface area contributed by atoms with Gasteiger partial charge in [0, 0.05) is 12.1 Å². The highest BCUT2D eigenvalue weighted by molar-refractivity contribution is 5.76. The molecular formula is C39H63NO2. The van der Waals surface area contributed by atoms with Crippen LogP contribution in [0.5, 0.6) is 0 Å². The minimum atomic E-state index is -0.168. The minimum absolute atomic E-state index is 0.0282. The molecule has 4 fully saturated rings. The quantitative estimate of drug-likeness (QED) is 0.271. The standard InChI is InChI=1S/C31H43NO2.C3H8.C3H6.C2H6/c1-29(2)14-15-31(34-19-29)13-12-23-22(16-31)8-9-24-26-10-11-27(33)30(26,3)17-25(28(23)24)21-6-4-20(18-32)5-7-21;2*1-3-2;1-2/h4-7,18,22,24-27,32-33H,8-17,19H2,1-3H3;3H2,1-2H3;3H,1H2,2H3;1-2H3. The van der Waals surface area contributed by atoms with Crippen molar-refractivity contribution < 1.29 is 9.84 Å². The number of aliphatic hydroxyl groups excluding tert-OH is 1. The van der Waals surface area contributed by atoms with E-state index < -0.39 is 0 Å². The molecule has 0 aromatic heterocycles. The number of aliphatic hydroxyl groups is 1. The summed E-state index contributed by atoms with van der Waals surface area (Å²) in [5.41, 5.74) is 6.38. The first-order valence-electron chi connectivity index (χ1n) is 17.3. The smallest absolute Gasteiger partial charge is 0.0691 e. The maximum absolute atomic E-state index is 11.1. The highest BCUT2D eigenvalue weighted by Crippen LogP contribution is 2.65. The van der Waals surface area contributed by atoms with E-state index in [2.05, 4.69) is 65.5 Å². The predicted molar refractivity (Wildman–Crippen MR) is 180 cm³/mol. The van der Waals surface area contributed by atoms with Gasteiger partial charge < -0.3 is 15.3 Å². The summed E-state index contributed by atoms with van der Waals surface area (Å²) in [4.78, 5) is 0. The highest BCUT2D eigenvalue weighted by Gasteiger charge is 2.57. The maximum atomic E-state index is 11.1. The Labute approximate surface area is 259 Å². The van der Waals surface area contributed by atoms with Gasteiger partial charge in [0.05, 0.1) is 18.3 Å². The fraction of sp³-hybridized carbons (Fsp3) is 0.718. The van der Waals surface area contributed by atoms with Gasteiger partial charge in [-0.3, -0.25) is 0 Å². The van der Waals surface area contributed by atoms with Gasteiger partial charge in [0.25, 0.3) is 0 Å². The van der Waals surface area contributed by atoms with Gasteiger partial charge in [-0.05, 0) is 111 Å². The van der Waals surface area contributed by atoms with Gasteiger partial charge in [0.15, 0.2) is 0 Å². The first-order chi connectivity index (χ1) is 20.1. The second-order valence-corrected chi connectivity index (χ2v) is 14.6. The monoisotopic (exact) mass is 577 g/mol. The molecule has 0 radical (unpaired) electrons. The van der Waals surface area contributed by atoms with Crippen LogP contribution in [0.2, 0.25) is 0 Å². The Kier molecular flexibility index (Phi) is 12.3. The number of rotatable bonds is 2. The van der Waals surface area contributed by atoms with Crippen LogP contribution in [0.15, 0.2) is 48.1 Å². The zero-order valence-corrected chi connectivity index (χ0v) is 28.4. The Morgan fingerprint density at radius 2 is 1.62 bits per heavy atom. The first kappa shape index (κ1) is 34.8. The van der Waals surface area contributed by atoms with E-state index in [4.69, 9.17) is 10.1 Å². The van der Waals surface area contributed by atoms with Gasteiger partial charge in [-0.2, -0.15) is 0 Å².